The summed E-state index contributed by atoms with van der Waals surface area (Å²) in [5.74, 6) is -1.66. The maximum atomic E-state index is 13.9. The summed E-state index contributed by atoms with van der Waals surface area (Å²) < 4.78 is 60.7. The highest BCUT2D eigenvalue weighted by Gasteiger charge is 2.31. The molecule has 4 aromatic carbocycles. The molecule has 0 fully saturated rings. The minimum Gasteiger partial charge on any atom is -0.484 e. The van der Waals surface area contributed by atoms with Gasteiger partial charge in [-0.1, -0.05) is 48.5 Å². The number of amides is 2. The Bertz CT molecular complexity index is 1910. The number of rotatable bonds is 14. The van der Waals surface area contributed by atoms with Crippen molar-refractivity contribution in [2.75, 3.05) is 11.3 Å². The molecule has 1 atom stereocenters. The molecule has 2 amide bonds. The average Bonchev–Trinajstić information content (AvgIpc) is 3.10. The lowest BCUT2D eigenvalue weighted by atomic mass is 10.0. The van der Waals surface area contributed by atoms with Gasteiger partial charge in [0.05, 0.1) is 17.1 Å². The smallest absolute Gasteiger partial charge is 0.261 e. The molecule has 0 aliphatic heterocycles. The summed E-state index contributed by atoms with van der Waals surface area (Å²) >= 11 is 0. The van der Waals surface area contributed by atoms with Crippen LogP contribution < -0.4 is 14.8 Å². The minimum absolute atomic E-state index is 0.0107. The lowest BCUT2D eigenvalue weighted by molar-refractivity contribution is -0.142. The standard InChI is InChI=1S/C36H32F2N4O5S/c37-28-11-9-27(10-12-28)24-42(34(22-26-6-2-1-3-7-26)36(44)40-23-31-8-4-5-21-39-31)35(43)25-47-32-17-19-33(20-18-32)48(45,46)41-30-15-13-29(38)14-16-30/h1-21,34,41H,22-25H2,(H,40,44)/t34-/m0/s1. The van der Waals surface area contributed by atoms with Crippen LogP contribution in [0.4, 0.5) is 14.5 Å². The van der Waals surface area contributed by atoms with Gasteiger partial charge in [-0.2, -0.15) is 0 Å². The summed E-state index contributed by atoms with van der Waals surface area (Å²) in [6, 6.07) is 29.6. The molecule has 246 valence electrons. The first-order valence-electron chi connectivity index (χ1n) is 14.9. The normalized spacial score (nSPS) is 11.7. The number of pyridine rings is 1. The first kappa shape index (κ1) is 33.7. The van der Waals surface area contributed by atoms with Crippen LogP contribution in [0.5, 0.6) is 5.75 Å². The number of benzene rings is 4. The second kappa shape index (κ2) is 15.8. The van der Waals surface area contributed by atoms with Crippen LogP contribution in [0.15, 0.2) is 132 Å². The number of nitrogens with one attached hydrogen (secondary N) is 2. The van der Waals surface area contributed by atoms with Crippen molar-refractivity contribution >= 4 is 27.5 Å². The molecule has 9 nitrogen and oxygen atoms in total. The van der Waals surface area contributed by atoms with E-state index in [1.807, 2.05) is 36.4 Å². The number of carbonyl (C=O) groups is 2. The zero-order chi connectivity index (χ0) is 33.9. The highest BCUT2D eigenvalue weighted by molar-refractivity contribution is 7.92. The summed E-state index contributed by atoms with van der Waals surface area (Å²) in [5, 5.41) is 2.89. The molecule has 0 saturated heterocycles. The van der Waals surface area contributed by atoms with E-state index in [0.717, 1.165) is 17.7 Å². The number of carbonyl (C=O) groups excluding carboxylic acids is 2. The van der Waals surface area contributed by atoms with Gasteiger partial charge in [0.25, 0.3) is 15.9 Å². The van der Waals surface area contributed by atoms with Crippen molar-refractivity contribution in [1.29, 1.82) is 0 Å². The van der Waals surface area contributed by atoms with Gasteiger partial charge in [-0.25, -0.2) is 17.2 Å². The Labute approximate surface area is 277 Å². The third-order valence-electron chi connectivity index (χ3n) is 7.30. The molecule has 0 unspecified atom stereocenters. The largest absolute Gasteiger partial charge is 0.484 e. The van der Waals surface area contributed by atoms with Gasteiger partial charge in [-0.3, -0.25) is 19.3 Å². The fourth-order valence-corrected chi connectivity index (χ4v) is 5.87. The Kier molecular flexibility index (Phi) is 11.1. The van der Waals surface area contributed by atoms with E-state index >= 15 is 0 Å². The van der Waals surface area contributed by atoms with Gasteiger partial charge in [0.15, 0.2) is 6.61 Å². The molecule has 0 aliphatic carbocycles. The zero-order valence-electron chi connectivity index (χ0n) is 25.6. The number of ether oxygens (including phenoxy) is 1. The molecule has 1 aromatic heterocycles. The van der Waals surface area contributed by atoms with Gasteiger partial charge in [0.1, 0.15) is 23.4 Å². The summed E-state index contributed by atoms with van der Waals surface area (Å²) in [4.78, 5) is 33.2. The van der Waals surface area contributed by atoms with E-state index in [2.05, 4.69) is 15.0 Å². The molecule has 0 radical (unpaired) electrons. The quantitative estimate of drug-likeness (QED) is 0.161. The predicted octanol–water partition coefficient (Wildman–Crippen LogP) is 5.50. The molecule has 0 bridgehead atoms. The maximum absolute atomic E-state index is 13.9. The predicted molar refractivity (Wildman–Crippen MR) is 176 cm³/mol. The monoisotopic (exact) mass is 670 g/mol. The Balaban J connectivity index is 1.34. The Morgan fingerprint density at radius 2 is 1.42 bits per heavy atom. The first-order chi connectivity index (χ1) is 23.2. The molecule has 1 heterocycles. The molecule has 5 rings (SSSR count). The first-order valence-corrected chi connectivity index (χ1v) is 16.4. The SMILES string of the molecule is O=C(NCc1ccccn1)[C@H](Cc1ccccc1)N(Cc1ccc(F)cc1)C(=O)COc1ccc(S(=O)(=O)Nc2ccc(F)cc2)cc1. The number of anilines is 1. The number of sulfonamides is 1. The van der Waals surface area contributed by atoms with Crippen LogP contribution in [0.25, 0.3) is 0 Å². The fraction of sp³-hybridized carbons (Fsp3) is 0.139. The summed E-state index contributed by atoms with van der Waals surface area (Å²) in [7, 11) is -3.98. The molecule has 12 heteroatoms. The average molecular weight is 671 g/mol. The zero-order valence-corrected chi connectivity index (χ0v) is 26.4. The molecule has 0 saturated carbocycles. The number of hydrogen-bond donors (Lipinski definition) is 2. The van der Waals surface area contributed by atoms with Gasteiger partial charge < -0.3 is 15.0 Å². The van der Waals surface area contributed by atoms with E-state index in [1.54, 1.807) is 30.5 Å². The van der Waals surface area contributed by atoms with Gasteiger partial charge in [0.2, 0.25) is 5.91 Å². The van der Waals surface area contributed by atoms with Gasteiger partial charge in [0, 0.05) is 24.8 Å². The van der Waals surface area contributed by atoms with Crippen LogP contribution in [-0.2, 0) is 39.1 Å². The van der Waals surface area contributed by atoms with E-state index in [1.165, 1.54) is 53.4 Å². The molecular weight excluding hydrogens is 638 g/mol. The fourth-order valence-electron chi connectivity index (χ4n) is 4.81. The van der Waals surface area contributed by atoms with Crippen LogP contribution in [0.2, 0.25) is 0 Å². The van der Waals surface area contributed by atoms with Crippen molar-refractivity contribution in [3.63, 3.8) is 0 Å². The summed E-state index contributed by atoms with van der Waals surface area (Å²) in [5.41, 5.74) is 2.25. The maximum Gasteiger partial charge on any atom is 0.261 e. The van der Waals surface area contributed by atoms with Crippen molar-refractivity contribution in [2.45, 2.75) is 30.4 Å². The second-order valence-corrected chi connectivity index (χ2v) is 12.4. The lowest BCUT2D eigenvalue weighted by Crippen LogP contribution is -2.51. The Morgan fingerprint density at radius 1 is 0.771 bits per heavy atom. The Morgan fingerprint density at radius 3 is 2.06 bits per heavy atom. The van der Waals surface area contributed by atoms with Crippen LogP contribution in [-0.4, -0.2) is 42.8 Å². The summed E-state index contributed by atoms with van der Waals surface area (Å²) in [6.45, 7) is -0.339. The summed E-state index contributed by atoms with van der Waals surface area (Å²) in [6.07, 6.45) is 1.81. The van der Waals surface area contributed by atoms with E-state index in [0.29, 0.717) is 11.3 Å². The molecule has 48 heavy (non-hydrogen) atoms. The Hall–Kier alpha value is -5.62. The van der Waals surface area contributed by atoms with Crippen molar-refractivity contribution in [3.8, 4) is 5.75 Å². The van der Waals surface area contributed by atoms with Crippen molar-refractivity contribution in [1.82, 2.24) is 15.2 Å². The van der Waals surface area contributed by atoms with Crippen LogP contribution in [0.3, 0.4) is 0 Å². The van der Waals surface area contributed by atoms with Gasteiger partial charge in [-0.05, 0) is 83.9 Å². The van der Waals surface area contributed by atoms with E-state index in [-0.39, 0.29) is 35.8 Å². The van der Waals surface area contributed by atoms with Gasteiger partial charge in [-0.15, -0.1) is 0 Å². The highest BCUT2D eigenvalue weighted by atomic mass is 32.2. The van der Waals surface area contributed by atoms with Crippen molar-refractivity contribution in [2.24, 2.45) is 0 Å². The second-order valence-electron chi connectivity index (χ2n) is 10.8. The number of nitrogens with zero attached hydrogens (tertiary/aromatic N) is 2. The number of hydrogen-bond acceptors (Lipinski definition) is 6. The molecule has 2 N–H and O–H groups in total. The van der Waals surface area contributed by atoms with Crippen molar-refractivity contribution < 1.29 is 31.5 Å². The molecule has 5 aromatic rings. The van der Waals surface area contributed by atoms with Crippen LogP contribution >= 0.6 is 0 Å². The van der Waals surface area contributed by atoms with Gasteiger partial charge >= 0.3 is 0 Å². The van der Waals surface area contributed by atoms with E-state index < -0.39 is 46.1 Å². The number of halogens is 2. The molecule has 0 aliphatic rings. The third kappa shape index (κ3) is 9.46. The van der Waals surface area contributed by atoms with E-state index in [4.69, 9.17) is 4.74 Å². The van der Waals surface area contributed by atoms with E-state index in [9.17, 15) is 26.8 Å². The third-order valence-corrected chi connectivity index (χ3v) is 8.70. The molecular formula is C36H32F2N4O5S. The molecule has 0 spiro atoms. The topological polar surface area (TPSA) is 118 Å². The highest BCUT2D eigenvalue weighted by Crippen LogP contribution is 2.21. The minimum atomic E-state index is -3.98. The van der Waals surface area contributed by atoms with Crippen LogP contribution in [0, 0.1) is 11.6 Å². The van der Waals surface area contributed by atoms with Crippen LogP contribution in [0.1, 0.15) is 16.8 Å². The lowest BCUT2D eigenvalue weighted by Gasteiger charge is -2.31. The number of aromatic nitrogens is 1. The van der Waals surface area contributed by atoms with Crippen molar-refractivity contribution in [3.05, 3.63) is 156 Å².